The standard InChI is InChI=1S/C18H33N5O2/c1-5-18(4)15(24)23(17(25)21-18)12-8-10-20-16(19-6-2)22-11-7-9-14(3)13-22/h14H,5-13H2,1-4H3,(H,19,20)(H,21,25). The molecule has 0 saturated carbocycles. The van der Waals surface area contributed by atoms with Crippen LogP contribution in [0, 0.1) is 5.92 Å². The molecule has 0 aromatic carbocycles. The van der Waals surface area contributed by atoms with Crippen molar-refractivity contribution in [2.24, 2.45) is 10.9 Å². The Bertz CT molecular complexity index is 522. The number of imide groups is 1. The first-order chi connectivity index (χ1) is 11.9. The molecule has 0 radical (unpaired) electrons. The molecule has 0 bridgehead atoms. The Morgan fingerprint density at radius 2 is 2.16 bits per heavy atom. The number of carbonyl (C=O) groups excluding carboxylic acids is 2. The molecule has 2 heterocycles. The third-order valence-corrected chi connectivity index (χ3v) is 5.15. The van der Waals surface area contributed by atoms with Gasteiger partial charge in [0.25, 0.3) is 5.91 Å². The number of carbonyl (C=O) groups is 2. The zero-order valence-corrected chi connectivity index (χ0v) is 16.1. The normalized spacial score (nSPS) is 27.7. The fourth-order valence-electron chi connectivity index (χ4n) is 3.41. The second kappa shape index (κ2) is 8.54. The number of nitrogens with zero attached hydrogens (tertiary/aromatic N) is 3. The second-order valence-electron chi connectivity index (χ2n) is 7.36. The van der Waals surface area contributed by atoms with Gasteiger partial charge in [-0.05, 0) is 45.4 Å². The molecule has 2 aliphatic heterocycles. The van der Waals surface area contributed by atoms with Crippen LogP contribution in [-0.4, -0.2) is 66.0 Å². The lowest BCUT2D eigenvalue weighted by Gasteiger charge is -2.33. The Hall–Kier alpha value is -1.79. The maximum atomic E-state index is 12.4. The summed E-state index contributed by atoms with van der Waals surface area (Å²) in [6, 6.07) is -0.282. The van der Waals surface area contributed by atoms with Crippen molar-refractivity contribution in [3.63, 3.8) is 0 Å². The number of likely N-dealkylation sites (tertiary alicyclic amines) is 1. The number of hydrogen-bond donors (Lipinski definition) is 2. The molecule has 142 valence electrons. The van der Waals surface area contributed by atoms with Gasteiger partial charge in [-0.3, -0.25) is 14.7 Å². The van der Waals surface area contributed by atoms with Crippen LogP contribution < -0.4 is 10.6 Å². The summed E-state index contributed by atoms with van der Waals surface area (Å²) in [5.74, 6) is 1.51. The van der Waals surface area contributed by atoms with Gasteiger partial charge < -0.3 is 15.5 Å². The van der Waals surface area contributed by atoms with Crippen LogP contribution in [0.4, 0.5) is 4.79 Å². The van der Waals surface area contributed by atoms with Crippen molar-refractivity contribution in [3.05, 3.63) is 0 Å². The molecule has 2 unspecified atom stereocenters. The van der Waals surface area contributed by atoms with Gasteiger partial charge in [-0.1, -0.05) is 13.8 Å². The van der Waals surface area contributed by atoms with Gasteiger partial charge in [0, 0.05) is 32.7 Å². The van der Waals surface area contributed by atoms with Gasteiger partial charge in [0.15, 0.2) is 5.96 Å². The number of hydrogen-bond acceptors (Lipinski definition) is 3. The van der Waals surface area contributed by atoms with Crippen LogP contribution in [0.3, 0.4) is 0 Å². The fraction of sp³-hybridized carbons (Fsp3) is 0.833. The first-order valence-corrected chi connectivity index (χ1v) is 9.58. The number of amides is 3. The highest BCUT2D eigenvalue weighted by Gasteiger charge is 2.45. The van der Waals surface area contributed by atoms with E-state index in [9.17, 15) is 9.59 Å². The Labute approximate surface area is 151 Å². The van der Waals surface area contributed by atoms with Gasteiger partial charge in [0.05, 0.1) is 0 Å². The van der Waals surface area contributed by atoms with Crippen molar-refractivity contribution >= 4 is 17.9 Å². The van der Waals surface area contributed by atoms with Crippen molar-refractivity contribution in [2.45, 2.75) is 58.9 Å². The van der Waals surface area contributed by atoms with Crippen molar-refractivity contribution in [2.75, 3.05) is 32.7 Å². The number of aliphatic imine (C=N–C) groups is 1. The maximum Gasteiger partial charge on any atom is 0.325 e. The highest BCUT2D eigenvalue weighted by atomic mass is 16.2. The first-order valence-electron chi connectivity index (χ1n) is 9.58. The van der Waals surface area contributed by atoms with E-state index >= 15 is 0 Å². The molecule has 2 atom stereocenters. The molecular weight excluding hydrogens is 318 g/mol. The summed E-state index contributed by atoms with van der Waals surface area (Å²) in [6.45, 7) is 12.0. The van der Waals surface area contributed by atoms with E-state index in [1.54, 1.807) is 6.92 Å². The van der Waals surface area contributed by atoms with Gasteiger partial charge in [-0.15, -0.1) is 0 Å². The Morgan fingerprint density at radius 1 is 1.40 bits per heavy atom. The summed E-state index contributed by atoms with van der Waals surface area (Å²) in [5.41, 5.74) is -0.751. The van der Waals surface area contributed by atoms with Crippen molar-refractivity contribution < 1.29 is 9.59 Å². The Morgan fingerprint density at radius 3 is 2.76 bits per heavy atom. The van der Waals surface area contributed by atoms with Gasteiger partial charge >= 0.3 is 6.03 Å². The van der Waals surface area contributed by atoms with E-state index in [0.29, 0.717) is 31.8 Å². The molecule has 3 amide bonds. The maximum absolute atomic E-state index is 12.4. The summed E-state index contributed by atoms with van der Waals surface area (Å²) in [4.78, 5) is 32.7. The van der Waals surface area contributed by atoms with E-state index in [2.05, 4.69) is 29.4 Å². The molecule has 2 N–H and O–H groups in total. The largest absolute Gasteiger partial charge is 0.357 e. The molecule has 2 fully saturated rings. The van der Waals surface area contributed by atoms with E-state index in [0.717, 1.165) is 25.6 Å². The monoisotopic (exact) mass is 351 g/mol. The zero-order chi connectivity index (χ0) is 18.4. The van der Waals surface area contributed by atoms with Crippen LogP contribution in [0.2, 0.25) is 0 Å². The molecule has 0 aliphatic carbocycles. The summed E-state index contributed by atoms with van der Waals surface area (Å²) < 4.78 is 0. The lowest BCUT2D eigenvalue weighted by atomic mass is 9.99. The van der Waals surface area contributed by atoms with Crippen LogP contribution in [0.5, 0.6) is 0 Å². The van der Waals surface area contributed by atoms with E-state index in [-0.39, 0.29) is 11.9 Å². The molecule has 0 aromatic heterocycles. The number of rotatable bonds is 6. The zero-order valence-electron chi connectivity index (χ0n) is 16.1. The van der Waals surface area contributed by atoms with Crippen LogP contribution in [-0.2, 0) is 4.79 Å². The van der Waals surface area contributed by atoms with Crippen LogP contribution in [0.1, 0.15) is 53.4 Å². The van der Waals surface area contributed by atoms with Gasteiger partial charge in [0.2, 0.25) is 0 Å². The second-order valence-corrected chi connectivity index (χ2v) is 7.36. The van der Waals surface area contributed by atoms with Gasteiger partial charge in [-0.2, -0.15) is 0 Å². The summed E-state index contributed by atoms with van der Waals surface area (Å²) in [7, 11) is 0. The van der Waals surface area contributed by atoms with Crippen LogP contribution in [0.25, 0.3) is 0 Å². The van der Waals surface area contributed by atoms with Gasteiger partial charge in [0.1, 0.15) is 5.54 Å². The lowest BCUT2D eigenvalue weighted by molar-refractivity contribution is -0.130. The highest BCUT2D eigenvalue weighted by Crippen LogP contribution is 2.21. The minimum Gasteiger partial charge on any atom is -0.357 e. The molecule has 25 heavy (non-hydrogen) atoms. The highest BCUT2D eigenvalue weighted by molar-refractivity contribution is 6.06. The predicted octanol–water partition coefficient (Wildman–Crippen LogP) is 1.79. The first kappa shape index (κ1) is 19.5. The van der Waals surface area contributed by atoms with Crippen LogP contribution in [0.15, 0.2) is 4.99 Å². The number of nitrogens with one attached hydrogen (secondary N) is 2. The molecular formula is C18H33N5O2. The quantitative estimate of drug-likeness (QED) is 0.331. The molecule has 0 aromatic rings. The molecule has 2 aliphatic rings. The molecule has 0 spiro atoms. The van der Waals surface area contributed by atoms with Crippen molar-refractivity contribution in [1.82, 2.24) is 20.4 Å². The number of urea groups is 1. The third-order valence-electron chi connectivity index (χ3n) is 5.15. The Kier molecular flexibility index (Phi) is 6.67. The topological polar surface area (TPSA) is 77.0 Å². The SMILES string of the molecule is CCNC(=NCCCN1C(=O)NC(C)(CC)C1=O)N1CCCC(C)C1. The average molecular weight is 351 g/mol. The smallest absolute Gasteiger partial charge is 0.325 e. The minimum atomic E-state index is -0.751. The van der Waals surface area contributed by atoms with E-state index in [4.69, 9.17) is 4.99 Å². The third kappa shape index (κ3) is 4.64. The van der Waals surface area contributed by atoms with Crippen LogP contribution >= 0.6 is 0 Å². The summed E-state index contributed by atoms with van der Waals surface area (Å²) >= 11 is 0. The fourth-order valence-corrected chi connectivity index (χ4v) is 3.41. The number of guanidine groups is 1. The van der Waals surface area contributed by atoms with Crippen molar-refractivity contribution in [3.8, 4) is 0 Å². The van der Waals surface area contributed by atoms with Gasteiger partial charge in [-0.25, -0.2) is 4.79 Å². The minimum absolute atomic E-state index is 0.124. The molecule has 7 heteroatoms. The molecule has 2 saturated heterocycles. The predicted molar refractivity (Wildman–Crippen MR) is 99.5 cm³/mol. The summed E-state index contributed by atoms with van der Waals surface area (Å²) in [6.07, 6.45) is 3.75. The molecule has 2 rings (SSSR count). The molecule has 7 nitrogen and oxygen atoms in total. The summed E-state index contributed by atoms with van der Waals surface area (Å²) in [5, 5.41) is 6.14. The lowest BCUT2D eigenvalue weighted by Crippen LogP contribution is -2.46. The Balaban J connectivity index is 1.87. The van der Waals surface area contributed by atoms with Crippen molar-refractivity contribution in [1.29, 1.82) is 0 Å². The van der Waals surface area contributed by atoms with E-state index in [1.807, 2.05) is 6.92 Å². The average Bonchev–Trinajstić information content (AvgIpc) is 2.81. The number of piperidine rings is 1. The van der Waals surface area contributed by atoms with E-state index in [1.165, 1.54) is 17.7 Å². The van der Waals surface area contributed by atoms with E-state index < -0.39 is 5.54 Å².